The van der Waals surface area contributed by atoms with Crippen molar-refractivity contribution in [2.45, 2.75) is 12.6 Å². The number of amides is 1. The van der Waals surface area contributed by atoms with Crippen molar-refractivity contribution in [3.05, 3.63) is 90.5 Å². The normalized spacial score (nSPS) is 11.7. The van der Waals surface area contributed by atoms with Gasteiger partial charge in [0.2, 0.25) is 5.91 Å². The summed E-state index contributed by atoms with van der Waals surface area (Å²) in [5, 5.41) is 12.5. The number of carbonyl (C=O) groups is 1. The van der Waals surface area contributed by atoms with E-state index in [1.807, 2.05) is 6.07 Å². The van der Waals surface area contributed by atoms with Crippen LogP contribution in [0.3, 0.4) is 0 Å². The Morgan fingerprint density at radius 2 is 1.86 bits per heavy atom. The quantitative estimate of drug-likeness (QED) is 0.386. The molecule has 2 aromatic carbocycles. The molecule has 0 fully saturated rings. The summed E-state index contributed by atoms with van der Waals surface area (Å²) in [6.07, 6.45) is 2.49. The lowest BCUT2D eigenvalue weighted by Gasteiger charge is -2.09. The van der Waals surface area contributed by atoms with Crippen molar-refractivity contribution in [1.29, 1.82) is 0 Å². The molecule has 0 atom stereocenters. The Hall–Kier alpha value is -4.47. The lowest BCUT2D eigenvalue weighted by Crippen LogP contribution is -2.14. The van der Waals surface area contributed by atoms with Gasteiger partial charge in [-0.25, -0.2) is 4.68 Å². The first-order chi connectivity index (χ1) is 16.8. The van der Waals surface area contributed by atoms with Crippen LogP contribution in [-0.2, 0) is 24.4 Å². The van der Waals surface area contributed by atoms with Crippen molar-refractivity contribution in [2.75, 3.05) is 5.32 Å². The number of aromatic nitrogens is 5. The van der Waals surface area contributed by atoms with Crippen molar-refractivity contribution in [2.24, 2.45) is 7.05 Å². The van der Waals surface area contributed by atoms with Crippen LogP contribution < -0.4 is 5.32 Å². The number of rotatable bonds is 5. The summed E-state index contributed by atoms with van der Waals surface area (Å²) in [6.45, 7) is 0. The highest BCUT2D eigenvalue weighted by atomic mass is 19.4. The molecule has 3 heterocycles. The second-order valence-corrected chi connectivity index (χ2v) is 8.03. The molecule has 0 bridgehead atoms. The van der Waals surface area contributed by atoms with E-state index in [9.17, 15) is 18.0 Å². The predicted octanol–water partition coefficient (Wildman–Crippen LogP) is 5.02. The highest BCUT2D eigenvalue weighted by Gasteiger charge is 2.30. The van der Waals surface area contributed by atoms with Gasteiger partial charge in [-0.05, 0) is 54.1 Å². The zero-order chi connectivity index (χ0) is 24.6. The molecule has 0 saturated carbocycles. The van der Waals surface area contributed by atoms with Crippen LogP contribution in [0.25, 0.3) is 27.8 Å². The molecule has 1 amide bonds. The van der Waals surface area contributed by atoms with Gasteiger partial charge in [-0.15, -0.1) is 0 Å². The molecule has 0 spiro atoms. The SMILES string of the molecule is Cn1cc(-c2nn(-c3ccc(C(F)(F)F)cc3)c3ccc(NC(=O)Cc4cccnc4)cc23)cn1. The highest BCUT2D eigenvalue weighted by Crippen LogP contribution is 2.33. The van der Waals surface area contributed by atoms with Crippen LogP contribution in [0, 0.1) is 0 Å². The summed E-state index contributed by atoms with van der Waals surface area (Å²) in [6, 6.07) is 13.7. The average Bonchev–Trinajstić information content (AvgIpc) is 3.42. The summed E-state index contributed by atoms with van der Waals surface area (Å²) in [4.78, 5) is 16.6. The molecule has 7 nitrogen and oxygen atoms in total. The third kappa shape index (κ3) is 4.63. The number of hydrogen-bond donors (Lipinski definition) is 1. The lowest BCUT2D eigenvalue weighted by molar-refractivity contribution is -0.137. The number of fused-ring (bicyclic) bond motifs is 1. The van der Waals surface area contributed by atoms with Gasteiger partial charge in [0.25, 0.3) is 0 Å². The molecule has 35 heavy (non-hydrogen) atoms. The maximum absolute atomic E-state index is 13.0. The Morgan fingerprint density at radius 3 is 2.51 bits per heavy atom. The number of alkyl halides is 3. The third-order valence-corrected chi connectivity index (χ3v) is 5.47. The summed E-state index contributed by atoms with van der Waals surface area (Å²) < 4.78 is 42.3. The standard InChI is InChI=1S/C25H19F3N6O/c1-33-15-17(14-30-33)24-21-12-19(31-23(35)11-16-3-2-10-29-13-16)6-9-22(21)34(32-24)20-7-4-18(5-8-20)25(26,27)28/h2-10,12-15H,11H2,1H3,(H,31,35). The van der Waals surface area contributed by atoms with Crippen LogP contribution in [0.15, 0.2) is 79.4 Å². The fourth-order valence-corrected chi connectivity index (χ4v) is 3.83. The molecule has 10 heteroatoms. The zero-order valence-electron chi connectivity index (χ0n) is 18.5. The minimum atomic E-state index is -4.42. The Morgan fingerprint density at radius 1 is 1.06 bits per heavy atom. The highest BCUT2D eigenvalue weighted by molar-refractivity contribution is 5.99. The predicted molar refractivity (Wildman–Crippen MR) is 125 cm³/mol. The first-order valence-corrected chi connectivity index (χ1v) is 10.7. The number of hydrogen-bond acceptors (Lipinski definition) is 4. The Balaban J connectivity index is 1.54. The number of pyridine rings is 1. The van der Waals surface area contributed by atoms with Crippen LogP contribution in [0.4, 0.5) is 18.9 Å². The molecule has 176 valence electrons. The van der Waals surface area contributed by atoms with Gasteiger partial charge in [-0.2, -0.15) is 23.4 Å². The Labute approximate surface area is 197 Å². The number of nitrogens with zero attached hydrogens (tertiary/aromatic N) is 5. The molecule has 1 N–H and O–H groups in total. The molecule has 0 aliphatic carbocycles. The van der Waals surface area contributed by atoms with E-state index in [-0.39, 0.29) is 12.3 Å². The van der Waals surface area contributed by atoms with E-state index in [4.69, 9.17) is 0 Å². The van der Waals surface area contributed by atoms with E-state index in [0.717, 1.165) is 28.6 Å². The van der Waals surface area contributed by atoms with Crippen LogP contribution in [0.5, 0.6) is 0 Å². The van der Waals surface area contributed by atoms with Crippen molar-refractivity contribution in [1.82, 2.24) is 24.5 Å². The molecule has 0 aliphatic heterocycles. The monoisotopic (exact) mass is 476 g/mol. The molecule has 0 unspecified atom stereocenters. The van der Waals surface area contributed by atoms with Gasteiger partial charge in [-0.1, -0.05) is 6.07 Å². The van der Waals surface area contributed by atoms with E-state index in [2.05, 4.69) is 20.5 Å². The maximum atomic E-state index is 13.0. The molecule has 0 saturated heterocycles. The fourth-order valence-electron chi connectivity index (χ4n) is 3.83. The van der Waals surface area contributed by atoms with Crippen LogP contribution >= 0.6 is 0 Å². The number of nitrogens with one attached hydrogen (secondary N) is 1. The van der Waals surface area contributed by atoms with Gasteiger partial charge in [0.15, 0.2) is 0 Å². The first kappa shape index (κ1) is 22.3. The molecular weight excluding hydrogens is 457 g/mol. The molecule has 0 radical (unpaired) electrons. The summed E-state index contributed by atoms with van der Waals surface area (Å²) >= 11 is 0. The average molecular weight is 476 g/mol. The molecule has 5 rings (SSSR count). The van der Waals surface area contributed by atoms with E-state index in [0.29, 0.717) is 22.6 Å². The molecule has 5 aromatic rings. The summed E-state index contributed by atoms with van der Waals surface area (Å²) in [7, 11) is 1.78. The van der Waals surface area contributed by atoms with Gasteiger partial charge >= 0.3 is 6.18 Å². The largest absolute Gasteiger partial charge is 0.416 e. The summed E-state index contributed by atoms with van der Waals surface area (Å²) in [5.74, 6) is -0.199. The van der Waals surface area contributed by atoms with Crippen molar-refractivity contribution >= 4 is 22.5 Å². The van der Waals surface area contributed by atoms with E-state index in [1.165, 1.54) is 12.1 Å². The number of anilines is 1. The Bertz CT molecular complexity index is 1500. The van der Waals surface area contributed by atoms with Crippen LogP contribution in [0.2, 0.25) is 0 Å². The van der Waals surface area contributed by atoms with Crippen molar-refractivity contribution in [3.8, 4) is 16.9 Å². The second-order valence-electron chi connectivity index (χ2n) is 8.03. The van der Waals surface area contributed by atoms with Crippen molar-refractivity contribution in [3.63, 3.8) is 0 Å². The molecule has 3 aromatic heterocycles. The lowest BCUT2D eigenvalue weighted by atomic mass is 10.1. The van der Waals surface area contributed by atoms with E-state index in [1.54, 1.807) is 65.5 Å². The van der Waals surface area contributed by atoms with Gasteiger partial charge < -0.3 is 5.32 Å². The number of benzene rings is 2. The minimum Gasteiger partial charge on any atom is -0.326 e. The van der Waals surface area contributed by atoms with Crippen LogP contribution in [-0.4, -0.2) is 30.5 Å². The number of aryl methyl sites for hydroxylation is 1. The van der Waals surface area contributed by atoms with Gasteiger partial charge in [0.05, 0.1) is 29.4 Å². The first-order valence-electron chi connectivity index (χ1n) is 10.7. The topological polar surface area (TPSA) is 77.6 Å². The smallest absolute Gasteiger partial charge is 0.326 e. The van der Waals surface area contributed by atoms with E-state index < -0.39 is 11.7 Å². The van der Waals surface area contributed by atoms with Gasteiger partial charge in [0.1, 0.15) is 5.69 Å². The number of carbonyl (C=O) groups excluding carboxylic acids is 1. The molecular formula is C25H19F3N6O. The Kier molecular flexibility index (Phi) is 5.56. The fraction of sp³-hybridized carbons (Fsp3) is 0.120. The van der Waals surface area contributed by atoms with Gasteiger partial charge in [-0.3, -0.25) is 14.5 Å². The van der Waals surface area contributed by atoms with Crippen LogP contribution in [0.1, 0.15) is 11.1 Å². The second kappa shape index (κ2) is 8.71. The third-order valence-electron chi connectivity index (χ3n) is 5.47. The maximum Gasteiger partial charge on any atom is 0.416 e. The van der Waals surface area contributed by atoms with E-state index >= 15 is 0 Å². The minimum absolute atomic E-state index is 0.173. The zero-order valence-corrected chi connectivity index (χ0v) is 18.5. The number of halogens is 3. The molecule has 0 aliphatic rings. The summed E-state index contributed by atoms with van der Waals surface area (Å²) in [5.41, 5.74) is 3.11. The van der Waals surface area contributed by atoms with Gasteiger partial charge in [0, 0.05) is 42.3 Å². The van der Waals surface area contributed by atoms with Crippen molar-refractivity contribution < 1.29 is 18.0 Å².